The van der Waals surface area contributed by atoms with Crippen molar-refractivity contribution in [3.63, 3.8) is 0 Å². The molecule has 0 aromatic heterocycles. The Morgan fingerprint density at radius 3 is 2.67 bits per heavy atom. The summed E-state index contributed by atoms with van der Waals surface area (Å²) in [6.45, 7) is 7.62. The van der Waals surface area contributed by atoms with Crippen LogP contribution in [0.15, 0.2) is 0 Å². The molecule has 0 radical (unpaired) electrons. The molecule has 0 aliphatic rings. The molecule has 0 amide bonds. The van der Waals surface area contributed by atoms with Crippen LogP contribution in [0.4, 0.5) is 0 Å². The maximum absolute atomic E-state index is 11.0. The van der Waals surface area contributed by atoms with Crippen LogP contribution in [0.25, 0.3) is 0 Å². The molecule has 0 bridgehead atoms. The van der Waals surface area contributed by atoms with Crippen molar-refractivity contribution in [2.45, 2.75) is 58.9 Å². The van der Waals surface area contributed by atoms with E-state index in [2.05, 4.69) is 19.2 Å². The molecule has 0 rings (SSSR count). The van der Waals surface area contributed by atoms with Gasteiger partial charge >= 0.3 is 5.97 Å². The number of carbonyl (C=O) groups is 1. The van der Waals surface area contributed by atoms with Gasteiger partial charge in [-0.25, -0.2) is 0 Å². The first-order chi connectivity index (χ1) is 7.20. The van der Waals surface area contributed by atoms with Gasteiger partial charge in [0.1, 0.15) is 0 Å². The fourth-order valence-corrected chi connectivity index (χ4v) is 1.43. The number of hydrogen-bond acceptors (Lipinski definition) is 3. The van der Waals surface area contributed by atoms with Gasteiger partial charge in [0.25, 0.3) is 0 Å². The van der Waals surface area contributed by atoms with E-state index in [1.54, 1.807) is 0 Å². The normalized spacial score (nSPS) is 12.5. The Labute approximate surface area is 93.6 Å². The summed E-state index contributed by atoms with van der Waals surface area (Å²) in [7, 11) is 0. The van der Waals surface area contributed by atoms with Gasteiger partial charge in [0.15, 0.2) is 0 Å². The van der Waals surface area contributed by atoms with Crippen molar-refractivity contribution >= 4 is 5.97 Å². The van der Waals surface area contributed by atoms with Gasteiger partial charge in [-0.05, 0) is 33.2 Å². The van der Waals surface area contributed by atoms with Crippen molar-refractivity contribution in [3.8, 4) is 0 Å². The molecule has 90 valence electrons. The molecule has 3 heteroatoms. The highest BCUT2D eigenvalue weighted by atomic mass is 16.5. The van der Waals surface area contributed by atoms with E-state index in [0.717, 1.165) is 13.0 Å². The summed E-state index contributed by atoms with van der Waals surface area (Å²) in [6, 6.07) is 0.562. The molecule has 0 fully saturated rings. The Bertz CT molecular complexity index is 160. The molecule has 0 saturated heterocycles. The van der Waals surface area contributed by atoms with E-state index in [9.17, 15) is 4.79 Å². The van der Waals surface area contributed by atoms with Crippen molar-refractivity contribution in [2.24, 2.45) is 0 Å². The highest BCUT2D eigenvalue weighted by Gasteiger charge is 2.02. The molecular weight excluding hydrogens is 190 g/mol. The average molecular weight is 215 g/mol. The van der Waals surface area contributed by atoms with Crippen molar-refractivity contribution in [1.29, 1.82) is 0 Å². The quantitative estimate of drug-likeness (QED) is 0.474. The second kappa shape index (κ2) is 9.97. The van der Waals surface area contributed by atoms with Crippen LogP contribution in [-0.2, 0) is 9.53 Å². The zero-order valence-corrected chi connectivity index (χ0v) is 10.3. The van der Waals surface area contributed by atoms with Crippen LogP contribution in [0.3, 0.4) is 0 Å². The van der Waals surface area contributed by atoms with Crippen LogP contribution in [0, 0.1) is 0 Å². The predicted molar refractivity (Wildman–Crippen MR) is 62.9 cm³/mol. The Balaban J connectivity index is 3.26. The van der Waals surface area contributed by atoms with Crippen LogP contribution in [0.1, 0.15) is 52.9 Å². The zero-order chi connectivity index (χ0) is 11.5. The number of rotatable bonds is 9. The lowest BCUT2D eigenvalue weighted by Gasteiger charge is -2.12. The minimum Gasteiger partial charge on any atom is -0.466 e. The average Bonchev–Trinajstić information content (AvgIpc) is 2.22. The lowest BCUT2D eigenvalue weighted by molar-refractivity contribution is -0.143. The SMILES string of the molecule is CCCCC(C)NCCCC(=O)OCC. The molecule has 1 atom stereocenters. The van der Waals surface area contributed by atoms with Gasteiger partial charge in [-0.2, -0.15) is 0 Å². The number of esters is 1. The second-order valence-electron chi connectivity index (χ2n) is 3.91. The van der Waals surface area contributed by atoms with Gasteiger partial charge in [-0.3, -0.25) is 4.79 Å². The first-order valence-corrected chi connectivity index (χ1v) is 6.09. The molecule has 1 unspecified atom stereocenters. The van der Waals surface area contributed by atoms with Crippen molar-refractivity contribution in [2.75, 3.05) is 13.2 Å². The fourth-order valence-electron chi connectivity index (χ4n) is 1.43. The number of ether oxygens (including phenoxy) is 1. The monoisotopic (exact) mass is 215 g/mol. The third-order valence-electron chi connectivity index (χ3n) is 2.35. The first-order valence-electron chi connectivity index (χ1n) is 6.09. The second-order valence-corrected chi connectivity index (χ2v) is 3.91. The Morgan fingerprint density at radius 2 is 2.07 bits per heavy atom. The molecule has 0 aromatic carbocycles. The van der Waals surface area contributed by atoms with Gasteiger partial charge in [0.05, 0.1) is 6.61 Å². The lowest BCUT2D eigenvalue weighted by atomic mass is 10.1. The van der Waals surface area contributed by atoms with E-state index in [0.29, 0.717) is 19.1 Å². The van der Waals surface area contributed by atoms with E-state index in [4.69, 9.17) is 4.74 Å². The van der Waals surface area contributed by atoms with Gasteiger partial charge in [-0.1, -0.05) is 19.8 Å². The third kappa shape index (κ3) is 9.73. The highest BCUT2D eigenvalue weighted by Crippen LogP contribution is 2.00. The number of hydrogen-bond donors (Lipinski definition) is 1. The predicted octanol–water partition coefficient (Wildman–Crippen LogP) is 2.50. The summed E-state index contributed by atoms with van der Waals surface area (Å²) < 4.78 is 4.85. The van der Waals surface area contributed by atoms with Gasteiger partial charge in [-0.15, -0.1) is 0 Å². The minimum atomic E-state index is -0.0829. The molecule has 0 saturated carbocycles. The smallest absolute Gasteiger partial charge is 0.305 e. The summed E-state index contributed by atoms with van der Waals surface area (Å²) >= 11 is 0. The van der Waals surface area contributed by atoms with Crippen molar-refractivity contribution in [3.05, 3.63) is 0 Å². The number of nitrogens with one attached hydrogen (secondary N) is 1. The number of carbonyl (C=O) groups excluding carboxylic acids is 1. The summed E-state index contributed by atoms with van der Waals surface area (Å²) in [6.07, 6.45) is 5.13. The van der Waals surface area contributed by atoms with E-state index in [-0.39, 0.29) is 5.97 Å². The molecule has 15 heavy (non-hydrogen) atoms. The maximum Gasteiger partial charge on any atom is 0.305 e. The van der Waals surface area contributed by atoms with Crippen LogP contribution in [0.2, 0.25) is 0 Å². The molecule has 3 nitrogen and oxygen atoms in total. The van der Waals surface area contributed by atoms with Gasteiger partial charge in [0.2, 0.25) is 0 Å². The summed E-state index contributed by atoms with van der Waals surface area (Å²) in [5, 5.41) is 3.41. The van der Waals surface area contributed by atoms with E-state index in [1.807, 2.05) is 6.92 Å². The van der Waals surface area contributed by atoms with Gasteiger partial charge < -0.3 is 10.1 Å². The summed E-state index contributed by atoms with van der Waals surface area (Å²) in [5.41, 5.74) is 0. The van der Waals surface area contributed by atoms with E-state index in [1.165, 1.54) is 19.3 Å². The first kappa shape index (κ1) is 14.4. The summed E-state index contributed by atoms with van der Waals surface area (Å²) in [5.74, 6) is -0.0829. The maximum atomic E-state index is 11.0. The standard InChI is InChI=1S/C12H25NO2/c1-4-6-8-11(3)13-10-7-9-12(14)15-5-2/h11,13H,4-10H2,1-3H3. The molecule has 0 spiro atoms. The molecule has 0 aromatic rings. The Morgan fingerprint density at radius 1 is 1.33 bits per heavy atom. The fraction of sp³-hybridized carbons (Fsp3) is 0.917. The van der Waals surface area contributed by atoms with Crippen molar-refractivity contribution in [1.82, 2.24) is 5.32 Å². The van der Waals surface area contributed by atoms with Crippen molar-refractivity contribution < 1.29 is 9.53 Å². The Kier molecular flexibility index (Phi) is 9.59. The molecule has 0 aliphatic heterocycles. The summed E-state index contributed by atoms with van der Waals surface area (Å²) in [4.78, 5) is 11.0. The zero-order valence-electron chi connectivity index (χ0n) is 10.3. The number of unbranched alkanes of at least 4 members (excludes halogenated alkanes) is 1. The third-order valence-corrected chi connectivity index (χ3v) is 2.35. The van der Waals surface area contributed by atoms with E-state index < -0.39 is 0 Å². The van der Waals surface area contributed by atoms with Crippen LogP contribution >= 0.6 is 0 Å². The minimum absolute atomic E-state index is 0.0829. The van der Waals surface area contributed by atoms with Crippen LogP contribution in [-0.4, -0.2) is 25.2 Å². The highest BCUT2D eigenvalue weighted by molar-refractivity contribution is 5.69. The lowest BCUT2D eigenvalue weighted by Crippen LogP contribution is -2.27. The molecule has 0 aliphatic carbocycles. The van der Waals surface area contributed by atoms with Gasteiger partial charge in [0, 0.05) is 12.5 Å². The molecule has 1 N–H and O–H groups in total. The molecule has 0 heterocycles. The Hall–Kier alpha value is -0.570. The molecular formula is C12H25NO2. The van der Waals surface area contributed by atoms with Crippen LogP contribution in [0.5, 0.6) is 0 Å². The van der Waals surface area contributed by atoms with Crippen LogP contribution < -0.4 is 5.32 Å². The van der Waals surface area contributed by atoms with E-state index >= 15 is 0 Å². The largest absolute Gasteiger partial charge is 0.466 e. The topological polar surface area (TPSA) is 38.3 Å².